The number of nitro groups is 1. The summed E-state index contributed by atoms with van der Waals surface area (Å²) in [4.78, 5) is 23.0. The minimum atomic E-state index is -0.521. The van der Waals surface area contributed by atoms with Crippen LogP contribution < -0.4 is 5.32 Å². The maximum atomic E-state index is 12.4. The number of aryl methyl sites for hydroxylation is 2. The van der Waals surface area contributed by atoms with E-state index in [9.17, 15) is 14.9 Å². The summed E-state index contributed by atoms with van der Waals surface area (Å²) < 4.78 is 0. The van der Waals surface area contributed by atoms with Gasteiger partial charge in [-0.3, -0.25) is 20.0 Å². The van der Waals surface area contributed by atoms with Gasteiger partial charge in [-0.15, -0.1) is 0 Å². The van der Waals surface area contributed by atoms with Crippen molar-refractivity contribution in [3.8, 4) is 11.3 Å². The number of nitrogens with zero attached hydrogens (tertiary/aromatic N) is 2. The first kappa shape index (κ1) is 16.4. The summed E-state index contributed by atoms with van der Waals surface area (Å²) in [6, 6.07) is 14.0. The number of nitrogens with one attached hydrogen (secondary N) is 2. The third-order valence-corrected chi connectivity index (χ3v) is 3.77. The average Bonchev–Trinajstić information content (AvgIpc) is 3.07. The maximum absolute atomic E-state index is 12.4. The molecule has 126 valence electrons. The van der Waals surface area contributed by atoms with E-state index in [2.05, 4.69) is 15.5 Å². The molecule has 0 spiro atoms. The molecule has 1 aromatic heterocycles. The first-order chi connectivity index (χ1) is 11.9. The van der Waals surface area contributed by atoms with Gasteiger partial charge in [-0.25, -0.2) is 0 Å². The normalized spacial score (nSPS) is 10.5. The molecule has 2 aromatic carbocycles. The Bertz CT molecular complexity index is 945. The van der Waals surface area contributed by atoms with Crippen molar-refractivity contribution >= 4 is 17.3 Å². The highest BCUT2D eigenvalue weighted by Gasteiger charge is 2.18. The minimum Gasteiger partial charge on any atom is -0.315 e. The van der Waals surface area contributed by atoms with Crippen molar-refractivity contribution < 1.29 is 9.72 Å². The molecule has 25 heavy (non-hydrogen) atoms. The van der Waals surface area contributed by atoms with Crippen LogP contribution in [0, 0.1) is 24.0 Å². The van der Waals surface area contributed by atoms with E-state index in [-0.39, 0.29) is 17.1 Å². The zero-order valence-electron chi connectivity index (χ0n) is 13.7. The molecule has 0 fully saturated rings. The molecular weight excluding hydrogens is 320 g/mol. The van der Waals surface area contributed by atoms with Gasteiger partial charge in [0.05, 0.1) is 10.6 Å². The molecule has 1 amide bonds. The second kappa shape index (κ2) is 6.56. The molecule has 0 aliphatic rings. The summed E-state index contributed by atoms with van der Waals surface area (Å²) in [5.74, 6) is -0.488. The van der Waals surface area contributed by atoms with Crippen LogP contribution >= 0.6 is 0 Å². The van der Waals surface area contributed by atoms with Gasteiger partial charge in [0.2, 0.25) is 0 Å². The van der Waals surface area contributed by atoms with E-state index in [1.54, 1.807) is 19.1 Å². The lowest BCUT2D eigenvalue weighted by molar-refractivity contribution is -0.384. The number of nitro benzene ring substituents is 1. The standard InChI is InChI=1S/C18H16N4O3/c1-11-3-6-13(7-4-11)15-10-16(21-20-15)18(23)19-14-8-5-12(2)9-17(14)22(24)25/h3-10H,1-2H3,(H,19,23)(H,20,21). The van der Waals surface area contributed by atoms with Crippen LogP contribution in [0.15, 0.2) is 48.5 Å². The highest BCUT2D eigenvalue weighted by molar-refractivity contribution is 6.04. The maximum Gasteiger partial charge on any atom is 0.293 e. The third-order valence-electron chi connectivity index (χ3n) is 3.77. The van der Waals surface area contributed by atoms with Crippen molar-refractivity contribution in [2.45, 2.75) is 13.8 Å². The quantitative estimate of drug-likeness (QED) is 0.558. The number of benzene rings is 2. The molecule has 0 radical (unpaired) electrons. The van der Waals surface area contributed by atoms with E-state index >= 15 is 0 Å². The Morgan fingerprint density at radius 3 is 2.44 bits per heavy atom. The van der Waals surface area contributed by atoms with Crippen LogP contribution in [0.25, 0.3) is 11.3 Å². The zero-order valence-corrected chi connectivity index (χ0v) is 13.7. The highest BCUT2D eigenvalue weighted by atomic mass is 16.6. The molecule has 2 N–H and O–H groups in total. The molecule has 7 nitrogen and oxygen atoms in total. The molecule has 1 heterocycles. The van der Waals surface area contributed by atoms with Crippen LogP contribution in [-0.4, -0.2) is 21.0 Å². The topological polar surface area (TPSA) is 101 Å². The predicted octanol–water partition coefficient (Wildman–Crippen LogP) is 3.85. The monoisotopic (exact) mass is 336 g/mol. The van der Waals surface area contributed by atoms with Gasteiger partial charge < -0.3 is 5.32 Å². The van der Waals surface area contributed by atoms with Gasteiger partial charge in [0.15, 0.2) is 0 Å². The van der Waals surface area contributed by atoms with E-state index < -0.39 is 10.8 Å². The van der Waals surface area contributed by atoms with Gasteiger partial charge in [-0.2, -0.15) is 5.10 Å². The highest BCUT2D eigenvalue weighted by Crippen LogP contribution is 2.26. The van der Waals surface area contributed by atoms with E-state index in [0.29, 0.717) is 5.69 Å². The van der Waals surface area contributed by atoms with Gasteiger partial charge in [0, 0.05) is 11.6 Å². The lowest BCUT2D eigenvalue weighted by Gasteiger charge is -2.05. The van der Waals surface area contributed by atoms with Crippen LogP contribution in [0.1, 0.15) is 21.6 Å². The van der Waals surface area contributed by atoms with Gasteiger partial charge in [0.25, 0.3) is 11.6 Å². The fourth-order valence-corrected chi connectivity index (χ4v) is 2.40. The lowest BCUT2D eigenvalue weighted by atomic mass is 10.1. The Labute approximate surface area is 143 Å². The van der Waals surface area contributed by atoms with Crippen LogP contribution in [0.5, 0.6) is 0 Å². The van der Waals surface area contributed by atoms with Crippen LogP contribution in [0.2, 0.25) is 0 Å². The lowest BCUT2D eigenvalue weighted by Crippen LogP contribution is -2.13. The average molecular weight is 336 g/mol. The van der Waals surface area contributed by atoms with E-state index in [0.717, 1.165) is 16.7 Å². The molecule has 0 unspecified atom stereocenters. The fraction of sp³-hybridized carbons (Fsp3) is 0.111. The Hall–Kier alpha value is -3.48. The van der Waals surface area contributed by atoms with E-state index in [4.69, 9.17) is 0 Å². The number of H-pyrrole nitrogens is 1. The molecule has 0 atom stereocenters. The molecule has 0 aliphatic carbocycles. The zero-order chi connectivity index (χ0) is 18.0. The number of aromatic amines is 1. The van der Waals surface area contributed by atoms with Crippen molar-refractivity contribution in [3.05, 3.63) is 75.5 Å². The Morgan fingerprint density at radius 1 is 1.08 bits per heavy atom. The number of anilines is 1. The molecule has 3 aromatic rings. The summed E-state index contributed by atoms with van der Waals surface area (Å²) in [7, 11) is 0. The van der Waals surface area contributed by atoms with Gasteiger partial charge in [-0.05, 0) is 31.5 Å². The molecule has 3 rings (SSSR count). The fourth-order valence-electron chi connectivity index (χ4n) is 2.40. The van der Waals surface area contributed by atoms with Crippen molar-refractivity contribution in [3.63, 3.8) is 0 Å². The van der Waals surface area contributed by atoms with Gasteiger partial charge in [-0.1, -0.05) is 35.9 Å². The smallest absolute Gasteiger partial charge is 0.293 e. The summed E-state index contributed by atoms with van der Waals surface area (Å²) in [6.45, 7) is 3.74. The van der Waals surface area contributed by atoms with Crippen molar-refractivity contribution in [1.82, 2.24) is 10.2 Å². The first-order valence-corrected chi connectivity index (χ1v) is 7.63. The molecule has 0 saturated heterocycles. The summed E-state index contributed by atoms with van der Waals surface area (Å²) >= 11 is 0. The largest absolute Gasteiger partial charge is 0.315 e. The second-order valence-electron chi connectivity index (χ2n) is 5.76. The van der Waals surface area contributed by atoms with Crippen molar-refractivity contribution in [2.75, 3.05) is 5.32 Å². The molecule has 0 bridgehead atoms. The second-order valence-corrected chi connectivity index (χ2v) is 5.76. The summed E-state index contributed by atoms with van der Waals surface area (Å²) in [6.07, 6.45) is 0. The minimum absolute atomic E-state index is 0.145. The number of hydrogen-bond donors (Lipinski definition) is 2. The third kappa shape index (κ3) is 3.55. The SMILES string of the molecule is Cc1ccc(-c2cc(C(=O)Nc3ccc(C)cc3[N+](=O)[O-])[nH]n2)cc1. The van der Waals surface area contributed by atoms with Crippen molar-refractivity contribution in [1.29, 1.82) is 0 Å². The summed E-state index contributed by atoms with van der Waals surface area (Å²) in [5, 5.41) is 20.5. The molecule has 7 heteroatoms. The molecule has 0 aliphatic heterocycles. The summed E-state index contributed by atoms with van der Waals surface area (Å²) in [5.41, 5.74) is 3.60. The van der Waals surface area contributed by atoms with E-state index in [1.165, 1.54) is 12.1 Å². The Balaban J connectivity index is 1.83. The molecular formula is C18H16N4O3. The number of hydrogen-bond acceptors (Lipinski definition) is 4. The number of rotatable bonds is 4. The van der Waals surface area contributed by atoms with Gasteiger partial charge >= 0.3 is 0 Å². The number of carbonyl (C=O) groups is 1. The Kier molecular flexibility index (Phi) is 4.30. The van der Waals surface area contributed by atoms with Crippen molar-refractivity contribution in [2.24, 2.45) is 0 Å². The van der Waals surface area contributed by atoms with E-state index in [1.807, 2.05) is 31.2 Å². The number of aromatic nitrogens is 2. The Morgan fingerprint density at radius 2 is 1.76 bits per heavy atom. The van der Waals surface area contributed by atoms with Crippen LogP contribution in [0.4, 0.5) is 11.4 Å². The van der Waals surface area contributed by atoms with Crippen LogP contribution in [-0.2, 0) is 0 Å². The number of amides is 1. The number of carbonyl (C=O) groups excluding carboxylic acids is 1. The first-order valence-electron chi connectivity index (χ1n) is 7.63. The van der Waals surface area contributed by atoms with Crippen LogP contribution in [0.3, 0.4) is 0 Å². The predicted molar refractivity (Wildman–Crippen MR) is 94.5 cm³/mol. The van der Waals surface area contributed by atoms with Gasteiger partial charge in [0.1, 0.15) is 11.4 Å². The molecule has 0 saturated carbocycles.